The number of sulfonamides is 1. The first-order chi connectivity index (χ1) is 12.8. The van der Waals surface area contributed by atoms with E-state index in [2.05, 4.69) is 21.2 Å². The molecule has 27 heavy (non-hydrogen) atoms. The van der Waals surface area contributed by atoms with E-state index in [0.717, 1.165) is 21.3 Å². The second-order valence-corrected chi connectivity index (χ2v) is 9.80. The van der Waals surface area contributed by atoms with Gasteiger partial charge in [-0.2, -0.15) is 4.31 Å². The van der Waals surface area contributed by atoms with Crippen LogP contribution in [0.15, 0.2) is 51.8 Å². The van der Waals surface area contributed by atoms with Gasteiger partial charge in [-0.3, -0.25) is 4.79 Å². The lowest BCUT2D eigenvalue weighted by molar-refractivity contribution is -0.120. The maximum Gasteiger partial charge on any atom is 0.243 e. The number of nitrogens with one attached hydrogen (secondary N) is 1. The van der Waals surface area contributed by atoms with Crippen molar-refractivity contribution in [2.24, 2.45) is 5.92 Å². The smallest absolute Gasteiger partial charge is 0.243 e. The standard InChI is InChI=1S/C20H23BrN2O3S/c1-14-5-8-18(12-15(14)2)22-20(24)16-4-3-11-23(13-16)27(25,26)19-9-6-17(21)7-10-19/h5-10,12,16H,3-4,11,13H2,1-2H3,(H,22,24)/t16-/m1/s1. The number of nitrogens with zero attached hydrogens (tertiary/aromatic N) is 1. The van der Waals surface area contributed by atoms with E-state index in [9.17, 15) is 13.2 Å². The molecule has 0 aliphatic carbocycles. The summed E-state index contributed by atoms with van der Waals surface area (Å²) in [4.78, 5) is 12.9. The van der Waals surface area contributed by atoms with E-state index in [0.29, 0.717) is 19.4 Å². The third-order valence-electron chi connectivity index (χ3n) is 4.98. The second kappa shape index (κ2) is 8.12. The molecule has 0 aromatic heterocycles. The summed E-state index contributed by atoms with van der Waals surface area (Å²) in [5, 5.41) is 2.93. The van der Waals surface area contributed by atoms with Crippen LogP contribution in [0, 0.1) is 19.8 Å². The first-order valence-corrected chi connectivity index (χ1v) is 11.1. The molecule has 1 amide bonds. The van der Waals surface area contributed by atoms with Crippen LogP contribution in [0.1, 0.15) is 24.0 Å². The lowest BCUT2D eigenvalue weighted by atomic mass is 9.98. The molecule has 1 heterocycles. The van der Waals surface area contributed by atoms with E-state index in [1.807, 2.05) is 32.0 Å². The minimum Gasteiger partial charge on any atom is -0.326 e. The summed E-state index contributed by atoms with van der Waals surface area (Å²) in [6, 6.07) is 12.4. The Balaban J connectivity index is 1.72. The fourth-order valence-corrected chi connectivity index (χ4v) is 4.98. The fraction of sp³-hybridized carbons (Fsp3) is 0.350. The molecular weight excluding hydrogens is 428 g/mol. The quantitative estimate of drug-likeness (QED) is 0.761. The van der Waals surface area contributed by atoms with Crippen molar-refractivity contribution in [2.75, 3.05) is 18.4 Å². The molecule has 1 aliphatic rings. The van der Waals surface area contributed by atoms with Gasteiger partial charge < -0.3 is 5.32 Å². The molecule has 0 radical (unpaired) electrons. The van der Waals surface area contributed by atoms with Gasteiger partial charge in [0.1, 0.15) is 0 Å². The lowest BCUT2D eigenvalue weighted by Gasteiger charge is -2.31. The third kappa shape index (κ3) is 4.59. The molecule has 1 saturated heterocycles. The molecule has 0 bridgehead atoms. The summed E-state index contributed by atoms with van der Waals surface area (Å²) in [6.07, 6.45) is 1.35. The number of benzene rings is 2. The molecule has 2 aromatic carbocycles. The van der Waals surface area contributed by atoms with Crippen LogP contribution in [0.25, 0.3) is 0 Å². The van der Waals surface area contributed by atoms with Crippen LogP contribution in [0.3, 0.4) is 0 Å². The van der Waals surface area contributed by atoms with Crippen LogP contribution >= 0.6 is 15.9 Å². The molecule has 2 aromatic rings. The van der Waals surface area contributed by atoms with Crippen molar-refractivity contribution in [1.82, 2.24) is 4.31 Å². The molecule has 144 valence electrons. The van der Waals surface area contributed by atoms with E-state index in [4.69, 9.17) is 0 Å². The number of carbonyl (C=O) groups excluding carboxylic acids is 1. The van der Waals surface area contributed by atoms with E-state index >= 15 is 0 Å². The summed E-state index contributed by atoms with van der Waals surface area (Å²) in [6.45, 7) is 4.66. The highest BCUT2D eigenvalue weighted by Gasteiger charge is 2.33. The molecule has 1 aliphatic heterocycles. The molecule has 1 atom stereocenters. The number of hydrogen-bond donors (Lipinski definition) is 1. The Labute approximate surface area is 169 Å². The van der Waals surface area contributed by atoms with Crippen LogP contribution in [-0.2, 0) is 14.8 Å². The van der Waals surface area contributed by atoms with Crippen molar-refractivity contribution in [3.63, 3.8) is 0 Å². The van der Waals surface area contributed by atoms with Crippen LogP contribution in [0.5, 0.6) is 0 Å². The van der Waals surface area contributed by atoms with Crippen molar-refractivity contribution < 1.29 is 13.2 Å². The number of halogens is 1. The largest absolute Gasteiger partial charge is 0.326 e. The average Bonchev–Trinajstić information content (AvgIpc) is 2.65. The maximum absolute atomic E-state index is 12.9. The van der Waals surface area contributed by atoms with Gasteiger partial charge in [-0.05, 0) is 74.2 Å². The minimum absolute atomic E-state index is 0.131. The molecule has 0 unspecified atom stereocenters. The zero-order valence-corrected chi connectivity index (χ0v) is 17.8. The predicted molar refractivity (Wildman–Crippen MR) is 110 cm³/mol. The van der Waals surface area contributed by atoms with Crippen molar-refractivity contribution >= 4 is 37.5 Å². The predicted octanol–water partition coefficient (Wildman–Crippen LogP) is 4.11. The summed E-state index contributed by atoms with van der Waals surface area (Å²) >= 11 is 3.32. The SMILES string of the molecule is Cc1ccc(NC(=O)[C@@H]2CCCN(S(=O)(=O)c3ccc(Br)cc3)C2)cc1C. The molecular formula is C20H23BrN2O3S. The monoisotopic (exact) mass is 450 g/mol. The van der Waals surface area contributed by atoms with Gasteiger partial charge in [0.25, 0.3) is 0 Å². The van der Waals surface area contributed by atoms with Gasteiger partial charge in [0.2, 0.25) is 15.9 Å². The first kappa shape index (κ1) is 20.0. The Bertz CT molecular complexity index is 942. The summed E-state index contributed by atoms with van der Waals surface area (Å²) < 4.78 is 28.0. The number of anilines is 1. The average molecular weight is 451 g/mol. The van der Waals surface area contributed by atoms with Gasteiger partial charge in [-0.25, -0.2) is 8.42 Å². The molecule has 1 fully saturated rings. The highest BCUT2D eigenvalue weighted by Crippen LogP contribution is 2.26. The number of rotatable bonds is 4. The van der Waals surface area contributed by atoms with E-state index in [1.54, 1.807) is 24.3 Å². The number of hydrogen-bond acceptors (Lipinski definition) is 3. The molecule has 1 N–H and O–H groups in total. The highest BCUT2D eigenvalue weighted by atomic mass is 79.9. The fourth-order valence-electron chi connectivity index (χ4n) is 3.19. The summed E-state index contributed by atoms with van der Waals surface area (Å²) in [5.41, 5.74) is 3.02. The van der Waals surface area contributed by atoms with E-state index in [-0.39, 0.29) is 23.3 Å². The van der Waals surface area contributed by atoms with Gasteiger partial charge in [0, 0.05) is 23.2 Å². The van der Waals surface area contributed by atoms with Gasteiger partial charge in [0.15, 0.2) is 0 Å². The summed E-state index contributed by atoms with van der Waals surface area (Å²) in [5.74, 6) is -0.487. The maximum atomic E-state index is 12.9. The third-order valence-corrected chi connectivity index (χ3v) is 7.39. The van der Waals surface area contributed by atoms with Crippen molar-refractivity contribution in [3.05, 3.63) is 58.1 Å². The van der Waals surface area contributed by atoms with Gasteiger partial charge >= 0.3 is 0 Å². The number of carbonyl (C=O) groups is 1. The van der Waals surface area contributed by atoms with Gasteiger partial charge in [-0.1, -0.05) is 22.0 Å². The van der Waals surface area contributed by atoms with Crippen LogP contribution in [-0.4, -0.2) is 31.7 Å². The zero-order valence-electron chi connectivity index (χ0n) is 15.4. The van der Waals surface area contributed by atoms with Crippen LogP contribution < -0.4 is 5.32 Å². The molecule has 0 saturated carbocycles. The minimum atomic E-state index is -3.60. The Kier molecular flexibility index (Phi) is 6.03. The topological polar surface area (TPSA) is 66.5 Å². The Hall–Kier alpha value is -1.70. The van der Waals surface area contributed by atoms with Crippen LogP contribution in [0.2, 0.25) is 0 Å². The Morgan fingerprint density at radius 2 is 1.81 bits per heavy atom. The number of amides is 1. The van der Waals surface area contributed by atoms with Crippen molar-refractivity contribution in [3.8, 4) is 0 Å². The first-order valence-electron chi connectivity index (χ1n) is 8.91. The normalized spacial score (nSPS) is 18.3. The Morgan fingerprint density at radius 3 is 2.48 bits per heavy atom. The number of aryl methyl sites for hydroxylation is 2. The van der Waals surface area contributed by atoms with Gasteiger partial charge in [0.05, 0.1) is 10.8 Å². The van der Waals surface area contributed by atoms with Gasteiger partial charge in [-0.15, -0.1) is 0 Å². The van der Waals surface area contributed by atoms with Crippen molar-refractivity contribution in [1.29, 1.82) is 0 Å². The lowest BCUT2D eigenvalue weighted by Crippen LogP contribution is -2.43. The van der Waals surface area contributed by atoms with Crippen molar-refractivity contribution in [2.45, 2.75) is 31.6 Å². The molecule has 3 rings (SSSR count). The zero-order chi connectivity index (χ0) is 19.6. The second-order valence-electron chi connectivity index (χ2n) is 6.94. The van der Waals surface area contributed by atoms with E-state index in [1.165, 1.54) is 4.31 Å². The molecule has 5 nitrogen and oxygen atoms in total. The molecule has 7 heteroatoms. The van der Waals surface area contributed by atoms with Crippen LogP contribution in [0.4, 0.5) is 5.69 Å². The molecule has 0 spiro atoms. The van der Waals surface area contributed by atoms with E-state index < -0.39 is 10.0 Å². The number of piperidine rings is 1. The summed E-state index contributed by atoms with van der Waals surface area (Å²) in [7, 11) is -3.60. The Morgan fingerprint density at radius 1 is 1.11 bits per heavy atom. The highest BCUT2D eigenvalue weighted by molar-refractivity contribution is 9.10.